The first-order chi connectivity index (χ1) is 15.5. The summed E-state index contributed by atoms with van der Waals surface area (Å²) in [6.45, 7) is 1.57. The lowest BCUT2D eigenvalue weighted by atomic mass is 9.95. The molecular weight excluding hydrogens is 428 g/mol. The molecule has 1 aliphatic heterocycles. The number of benzene rings is 2. The minimum atomic E-state index is -0.409. The Bertz CT molecular complexity index is 961. The smallest absolute Gasteiger partial charge is 0.238 e. The molecule has 0 saturated carbocycles. The zero-order chi connectivity index (χ0) is 22.9. The molecule has 0 aromatic heterocycles. The lowest BCUT2D eigenvalue weighted by molar-refractivity contribution is -0.121. The van der Waals surface area contributed by atoms with Gasteiger partial charge in [-0.1, -0.05) is 24.3 Å². The molecule has 0 unspecified atom stereocenters. The van der Waals surface area contributed by atoms with Gasteiger partial charge in [-0.25, -0.2) is 0 Å². The van der Waals surface area contributed by atoms with Crippen LogP contribution in [0.1, 0.15) is 12.8 Å². The van der Waals surface area contributed by atoms with Gasteiger partial charge < -0.3 is 21.1 Å². The van der Waals surface area contributed by atoms with Gasteiger partial charge in [-0.15, -0.1) is 11.8 Å². The van der Waals surface area contributed by atoms with Crippen LogP contribution < -0.4 is 21.1 Å². The zero-order valence-corrected chi connectivity index (χ0v) is 18.8. The predicted octanol–water partition coefficient (Wildman–Crippen LogP) is 2.56. The van der Waals surface area contributed by atoms with Gasteiger partial charge in [0.15, 0.2) is 0 Å². The summed E-state index contributed by atoms with van der Waals surface area (Å²) in [5, 5.41) is 5.86. The number of piperidine rings is 1. The molecule has 0 bridgehead atoms. The molecule has 3 rings (SSSR count). The quantitative estimate of drug-likeness (QED) is 0.500. The normalized spacial score (nSPS) is 14.5. The van der Waals surface area contributed by atoms with E-state index in [-0.39, 0.29) is 30.0 Å². The van der Waals surface area contributed by atoms with E-state index >= 15 is 0 Å². The average molecular weight is 457 g/mol. The number of ether oxygens (including phenoxy) is 1. The molecule has 1 heterocycles. The van der Waals surface area contributed by atoms with Gasteiger partial charge in [0.1, 0.15) is 5.75 Å². The molecule has 3 amide bonds. The third-order valence-corrected chi connectivity index (χ3v) is 6.32. The minimum absolute atomic E-state index is 0.0287. The van der Waals surface area contributed by atoms with E-state index in [1.54, 1.807) is 19.2 Å². The number of amides is 3. The van der Waals surface area contributed by atoms with Crippen LogP contribution in [0.25, 0.3) is 0 Å². The van der Waals surface area contributed by atoms with Crippen molar-refractivity contribution in [2.75, 3.05) is 43.1 Å². The number of nitrogens with zero attached hydrogens (tertiary/aromatic N) is 1. The number of para-hydroxylation sites is 3. The number of rotatable bonds is 9. The summed E-state index contributed by atoms with van der Waals surface area (Å²) in [4.78, 5) is 39.1. The van der Waals surface area contributed by atoms with Crippen LogP contribution in [0.4, 0.5) is 11.4 Å². The number of anilines is 2. The Labute approximate surface area is 191 Å². The second-order valence-electron chi connectivity index (χ2n) is 7.54. The Balaban J connectivity index is 1.47. The highest BCUT2D eigenvalue weighted by molar-refractivity contribution is 8.00. The Morgan fingerprint density at radius 1 is 1.03 bits per heavy atom. The highest BCUT2D eigenvalue weighted by atomic mass is 32.2. The maximum Gasteiger partial charge on any atom is 0.238 e. The van der Waals surface area contributed by atoms with E-state index < -0.39 is 5.91 Å². The molecule has 1 saturated heterocycles. The first-order valence-electron chi connectivity index (χ1n) is 10.4. The topological polar surface area (TPSA) is 114 Å². The lowest BCUT2D eigenvalue weighted by Gasteiger charge is -2.30. The summed E-state index contributed by atoms with van der Waals surface area (Å²) in [6, 6.07) is 14.6. The number of carbonyl (C=O) groups excluding carboxylic acids is 3. The van der Waals surface area contributed by atoms with E-state index in [0.717, 1.165) is 4.90 Å². The van der Waals surface area contributed by atoms with Crippen LogP contribution in [0.15, 0.2) is 53.4 Å². The molecule has 0 radical (unpaired) electrons. The number of primary amides is 1. The van der Waals surface area contributed by atoms with Crippen LogP contribution in [0.5, 0.6) is 5.75 Å². The second-order valence-corrected chi connectivity index (χ2v) is 8.56. The molecule has 0 atom stereocenters. The van der Waals surface area contributed by atoms with Crippen molar-refractivity contribution in [1.82, 2.24) is 4.90 Å². The van der Waals surface area contributed by atoms with E-state index in [0.29, 0.717) is 43.1 Å². The van der Waals surface area contributed by atoms with Crippen LogP contribution in [0.2, 0.25) is 0 Å². The first-order valence-corrected chi connectivity index (χ1v) is 11.4. The number of nitrogens with one attached hydrogen (secondary N) is 2. The highest BCUT2D eigenvalue weighted by Gasteiger charge is 2.26. The Kier molecular flexibility index (Phi) is 8.52. The molecular formula is C23H28N4O4S. The molecule has 170 valence electrons. The number of hydrogen-bond acceptors (Lipinski definition) is 6. The number of thioether (sulfide) groups is 1. The molecule has 0 aliphatic carbocycles. The number of hydrogen-bond donors (Lipinski definition) is 3. The molecule has 4 N–H and O–H groups in total. The summed E-state index contributed by atoms with van der Waals surface area (Å²) < 4.78 is 5.29. The van der Waals surface area contributed by atoms with Crippen LogP contribution >= 0.6 is 11.8 Å². The number of likely N-dealkylation sites (tertiary alicyclic amines) is 1. The Hall–Kier alpha value is -3.04. The molecule has 0 spiro atoms. The Morgan fingerprint density at radius 2 is 1.69 bits per heavy atom. The predicted molar refractivity (Wildman–Crippen MR) is 126 cm³/mol. The van der Waals surface area contributed by atoms with E-state index in [1.165, 1.54) is 11.8 Å². The maximum atomic E-state index is 12.7. The summed E-state index contributed by atoms with van der Waals surface area (Å²) >= 11 is 1.29. The van der Waals surface area contributed by atoms with E-state index in [2.05, 4.69) is 10.6 Å². The van der Waals surface area contributed by atoms with E-state index in [9.17, 15) is 14.4 Å². The standard InChI is InChI=1S/C23H28N4O4S/c1-31-19-8-4-2-6-17(19)26-23(30)16-10-12-27(13-11-16)14-22(29)25-18-7-3-5-9-20(18)32-15-21(24)28/h2-9,16H,10-15H2,1H3,(H2,24,28)(H,25,29)(H,26,30). The minimum Gasteiger partial charge on any atom is -0.495 e. The van der Waals surface area contributed by atoms with Crippen LogP contribution in [-0.4, -0.2) is 55.1 Å². The molecule has 8 nitrogen and oxygen atoms in total. The first kappa shape index (κ1) is 23.6. The fourth-order valence-corrected chi connectivity index (χ4v) is 4.32. The number of nitrogens with two attached hydrogens (primary N) is 1. The van der Waals surface area contributed by atoms with Crippen molar-refractivity contribution in [3.05, 3.63) is 48.5 Å². The van der Waals surface area contributed by atoms with Gasteiger partial charge in [-0.3, -0.25) is 19.3 Å². The van der Waals surface area contributed by atoms with Gasteiger partial charge >= 0.3 is 0 Å². The molecule has 1 aliphatic rings. The van der Waals surface area contributed by atoms with Crippen LogP contribution in [0, 0.1) is 5.92 Å². The van der Waals surface area contributed by atoms with Crippen molar-refractivity contribution in [3.8, 4) is 5.75 Å². The fourth-order valence-electron chi connectivity index (χ4n) is 3.57. The third kappa shape index (κ3) is 6.73. The monoisotopic (exact) mass is 456 g/mol. The largest absolute Gasteiger partial charge is 0.495 e. The van der Waals surface area contributed by atoms with E-state index in [4.69, 9.17) is 10.5 Å². The van der Waals surface area contributed by atoms with Crippen molar-refractivity contribution in [2.45, 2.75) is 17.7 Å². The van der Waals surface area contributed by atoms with Gasteiger partial charge in [0, 0.05) is 10.8 Å². The second kappa shape index (κ2) is 11.5. The van der Waals surface area contributed by atoms with Gasteiger partial charge in [0.25, 0.3) is 0 Å². The van der Waals surface area contributed by atoms with Crippen molar-refractivity contribution < 1.29 is 19.1 Å². The molecule has 1 fully saturated rings. The average Bonchev–Trinajstić information content (AvgIpc) is 2.79. The Morgan fingerprint density at radius 3 is 2.38 bits per heavy atom. The van der Waals surface area contributed by atoms with Gasteiger partial charge in [-0.2, -0.15) is 0 Å². The van der Waals surface area contributed by atoms with Crippen molar-refractivity contribution in [2.24, 2.45) is 11.7 Å². The molecule has 2 aromatic rings. The number of methoxy groups -OCH3 is 1. The molecule has 32 heavy (non-hydrogen) atoms. The lowest BCUT2D eigenvalue weighted by Crippen LogP contribution is -2.41. The summed E-state index contributed by atoms with van der Waals surface area (Å²) in [6.07, 6.45) is 1.36. The SMILES string of the molecule is COc1ccccc1NC(=O)C1CCN(CC(=O)Nc2ccccc2SCC(N)=O)CC1. The van der Waals surface area contributed by atoms with Gasteiger partial charge in [0.2, 0.25) is 17.7 Å². The highest BCUT2D eigenvalue weighted by Crippen LogP contribution is 2.27. The van der Waals surface area contributed by atoms with Crippen molar-refractivity contribution >= 4 is 40.9 Å². The van der Waals surface area contributed by atoms with Crippen molar-refractivity contribution in [3.63, 3.8) is 0 Å². The maximum absolute atomic E-state index is 12.7. The molecule has 9 heteroatoms. The summed E-state index contributed by atoms with van der Waals surface area (Å²) in [5.74, 6) is 0.105. The van der Waals surface area contributed by atoms with Crippen molar-refractivity contribution in [1.29, 1.82) is 0 Å². The van der Waals surface area contributed by atoms with Gasteiger partial charge in [-0.05, 0) is 50.2 Å². The summed E-state index contributed by atoms with van der Waals surface area (Å²) in [7, 11) is 1.57. The third-order valence-electron chi connectivity index (χ3n) is 5.22. The van der Waals surface area contributed by atoms with Crippen LogP contribution in [0.3, 0.4) is 0 Å². The summed E-state index contributed by atoms with van der Waals surface area (Å²) in [5.41, 5.74) is 6.54. The van der Waals surface area contributed by atoms with Gasteiger partial charge in [0.05, 0.1) is 30.8 Å². The van der Waals surface area contributed by atoms with E-state index in [1.807, 2.05) is 41.3 Å². The fraction of sp³-hybridized carbons (Fsp3) is 0.348. The zero-order valence-electron chi connectivity index (χ0n) is 18.0. The molecule has 2 aromatic carbocycles. The number of carbonyl (C=O) groups is 3. The van der Waals surface area contributed by atoms with Crippen LogP contribution in [-0.2, 0) is 14.4 Å².